The van der Waals surface area contributed by atoms with E-state index in [4.69, 9.17) is 0 Å². The molecule has 0 bridgehead atoms. The van der Waals surface area contributed by atoms with Crippen molar-refractivity contribution in [2.24, 2.45) is 11.3 Å². The average Bonchev–Trinajstić information content (AvgIpc) is 3.13. The highest BCUT2D eigenvalue weighted by molar-refractivity contribution is 5.98. The molecule has 2 amide bonds. The van der Waals surface area contributed by atoms with Crippen LogP contribution in [0.3, 0.4) is 0 Å². The number of amides is 2. The van der Waals surface area contributed by atoms with Gasteiger partial charge in [-0.1, -0.05) is 20.8 Å². The lowest BCUT2D eigenvalue weighted by molar-refractivity contribution is -0.605. The van der Waals surface area contributed by atoms with Gasteiger partial charge in [0, 0.05) is 18.5 Å². The number of rotatable bonds is 4. The second kappa shape index (κ2) is 6.29. The van der Waals surface area contributed by atoms with E-state index < -0.39 is 11.5 Å². The van der Waals surface area contributed by atoms with Crippen LogP contribution in [0, 0.1) is 16.5 Å². The van der Waals surface area contributed by atoms with Crippen LogP contribution in [0.25, 0.3) is 5.82 Å². The first-order valence-electron chi connectivity index (χ1n) is 9.40. The first kappa shape index (κ1) is 18.4. The Hall–Kier alpha value is -2.97. The van der Waals surface area contributed by atoms with Gasteiger partial charge < -0.3 is 15.8 Å². The molecular weight excluding hydrogens is 360 g/mol. The number of carbonyl (C=O) groups excluding carboxylic acids is 2. The van der Waals surface area contributed by atoms with E-state index in [1.54, 1.807) is 11.7 Å². The van der Waals surface area contributed by atoms with E-state index in [1.807, 2.05) is 20.8 Å². The normalized spacial score (nSPS) is 20.9. The highest BCUT2D eigenvalue weighted by Gasteiger charge is 2.50. The molecule has 0 spiro atoms. The number of nitrogens with one attached hydrogen (secondary N) is 2. The van der Waals surface area contributed by atoms with Crippen LogP contribution in [-0.4, -0.2) is 39.7 Å². The number of carbonyl (C=O) groups is 2. The third kappa shape index (κ3) is 3.00. The maximum atomic E-state index is 13.1. The third-order valence-corrected chi connectivity index (χ3v) is 5.51. The predicted molar refractivity (Wildman–Crippen MR) is 99.6 cm³/mol. The third-order valence-electron chi connectivity index (χ3n) is 5.51. The van der Waals surface area contributed by atoms with Crippen LogP contribution in [0.4, 0.5) is 0 Å². The van der Waals surface area contributed by atoms with Crippen molar-refractivity contribution in [3.63, 3.8) is 0 Å². The molecule has 1 saturated carbocycles. The monoisotopic (exact) mass is 384 g/mol. The Kier molecular flexibility index (Phi) is 4.13. The maximum absolute atomic E-state index is 13.1. The molecule has 0 aromatic carbocycles. The van der Waals surface area contributed by atoms with Crippen LogP contribution in [0.1, 0.15) is 54.9 Å². The van der Waals surface area contributed by atoms with Crippen LogP contribution in [0.15, 0.2) is 18.6 Å². The minimum absolute atomic E-state index is 0.253. The van der Waals surface area contributed by atoms with Crippen LogP contribution in [0.5, 0.6) is 0 Å². The van der Waals surface area contributed by atoms with E-state index >= 15 is 0 Å². The molecule has 2 aromatic rings. The van der Waals surface area contributed by atoms with Gasteiger partial charge in [-0.15, -0.1) is 0 Å². The van der Waals surface area contributed by atoms with Gasteiger partial charge in [0.05, 0.1) is 11.9 Å². The summed E-state index contributed by atoms with van der Waals surface area (Å²) < 4.78 is 2.28. The van der Waals surface area contributed by atoms with Crippen LogP contribution >= 0.6 is 0 Å². The zero-order valence-corrected chi connectivity index (χ0v) is 16.4. The zero-order valence-electron chi connectivity index (χ0n) is 16.4. The second-order valence-corrected chi connectivity index (χ2v) is 8.59. The van der Waals surface area contributed by atoms with E-state index in [9.17, 15) is 14.8 Å². The van der Waals surface area contributed by atoms with Gasteiger partial charge in [-0.2, -0.15) is 9.83 Å². The summed E-state index contributed by atoms with van der Waals surface area (Å²) in [5, 5.41) is 21.6. The van der Waals surface area contributed by atoms with Crippen molar-refractivity contribution < 1.29 is 14.3 Å². The van der Waals surface area contributed by atoms with Crippen molar-refractivity contribution in [3.8, 4) is 5.82 Å². The molecule has 9 heteroatoms. The Balaban J connectivity index is 1.71. The summed E-state index contributed by atoms with van der Waals surface area (Å²) in [7, 11) is 1.55. The standard InChI is InChI=1S/C19H24N6O3/c1-19(2,3)16(18(27)20-4)22-17(26)14-12-8-10-7-11(10)15(12)25(23-14)13-9-24(28)6-5-21-13/h5-6,9-11,16H,7-8H2,1-4H3,(H,20,27)(H,22,26)/t10-,11-,16-/m1/s1. The van der Waals surface area contributed by atoms with Gasteiger partial charge in [0.1, 0.15) is 6.04 Å². The summed E-state index contributed by atoms with van der Waals surface area (Å²) in [6, 6.07) is -0.694. The number of nitrogens with zero attached hydrogens (tertiary/aromatic N) is 4. The minimum Gasteiger partial charge on any atom is -0.619 e. The molecule has 148 valence electrons. The molecule has 0 aliphatic heterocycles. The van der Waals surface area contributed by atoms with Gasteiger partial charge in [-0.05, 0) is 24.2 Å². The van der Waals surface area contributed by atoms with Gasteiger partial charge in [-0.3, -0.25) is 9.59 Å². The van der Waals surface area contributed by atoms with Crippen LogP contribution in [0.2, 0.25) is 0 Å². The first-order chi connectivity index (χ1) is 13.2. The number of hydrogen-bond acceptors (Lipinski definition) is 5. The first-order valence-corrected chi connectivity index (χ1v) is 9.40. The summed E-state index contributed by atoms with van der Waals surface area (Å²) in [6.45, 7) is 5.69. The smallest absolute Gasteiger partial charge is 0.272 e. The number of hydrogen-bond donors (Lipinski definition) is 2. The van der Waals surface area contributed by atoms with Gasteiger partial charge >= 0.3 is 0 Å². The fourth-order valence-corrected chi connectivity index (χ4v) is 3.97. The van der Waals surface area contributed by atoms with Gasteiger partial charge in [-0.25, -0.2) is 9.67 Å². The molecule has 2 aliphatic rings. The summed E-state index contributed by atoms with van der Waals surface area (Å²) in [4.78, 5) is 29.6. The molecule has 1 fully saturated rings. The van der Waals surface area contributed by atoms with Crippen LogP contribution < -0.4 is 15.4 Å². The minimum atomic E-state index is -0.694. The summed E-state index contributed by atoms with van der Waals surface area (Å²) in [6.07, 6.45) is 5.90. The molecule has 2 aromatic heterocycles. The molecule has 2 heterocycles. The van der Waals surface area contributed by atoms with E-state index in [1.165, 1.54) is 18.6 Å². The van der Waals surface area contributed by atoms with E-state index in [2.05, 4.69) is 20.7 Å². The molecule has 0 saturated heterocycles. The molecule has 2 N–H and O–H groups in total. The van der Waals surface area contributed by atoms with E-state index in [0.717, 1.165) is 24.1 Å². The molecule has 28 heavy (non-hydrogen) atoms. The van der Waals surface area contributed by atoms with Crippen molar-refractivity contribution in [1.29, 1.82) is 0 Å². The summed E-state index contributed by atoms with van der Waals surface area (Å²) in [5.74, 6) is 0.622. The molecule has 2 aliphatic carbocycles. The average molecular weight is 384 g/mol. The van der Waals surface area contributed by atoms with Gasteiger partial charge in [0.15, 0.2) is 11.9 Å². The van der Waals surface area contributed by atoms with Crippen LogP contribution in [-0.2, 0) is 11.2 Å². The highest BCUT2D eigenvalue weighted by atomic mass is 16.5. The molecule has 0 unspecified atom stereocenters. The van der Waals surface area contributed by atoms with Crippen molar-refractivity contribution in [2.75, 3.05) is 7.05 Å². The number of aromatic nitrogens is 4. The molecular formula is C19H24N6O3. The molecule has 9 nitrogen and oxygen atoms in total. The number of likely N-dealkylation sites (N-methyl/N-ethyl adjacent to an activating group) is 1. The lowest BCUT2D eigenvalue weighted by atomic mass is 9.86. The Labute approximate surface area is 162 Å². The predicted octanol–water partition coefficient (Wildman–Crippen LogP) is 0.451. The van der Waals surface area contributed by atoms with E-state index in [-0.39, 0.29) is 11.8 Å². The van der Waals surface area contributed by atoms with Gasteiger partial charge in [0.25, 0.3) is 5.91 Å². The lowest BCUT2D eigenvalue weighted by Crippen LogP contribution is -2.53. The van der Waals surface area contributed by atoms with Crippen molar-refractivity contribution in [1.82, 2.24) is 25.4 Å². The summed E-state index contributed by atoms with van der Waals surface area (Å²) >= 11 is 0. The van der Waals surface area contributed by atoms with Crippen molar-refractivity contribution in [3.05, 3.63) is 40.7 Å². The second-order valence-electron chi connectivity index (χ2n) is 8.59. The SMILES string of the molecule is CNC(=O)[C@@H](NC(=O)c1nn(-c2c[n+]([O-])ccn2)c2c1C[C@H]1C[C@@H]21)C(C)(C)C. The fraction of sp³-hybridized carbons (Fsp3) is 0.526. The quantitative estimate of drug-likeness (QED) is 0.587. The largest absolute Gasteiger partial charge is 0.619 e. The van der Waals surface area contributed by atoms with Crippen molar-refractivity contribution >= 4 is 11.8 Å². The highest BCUT2D eigenvalue weighted by Crippen LogP contribution is 2.57. The topological polar surface area (TPSA) is 116 Å². The lowest BCUT2D eigenvalue weighted by Gasteiger charge is -2.29. The zero-order chi connectivity index (χ0) is 20.2. The summed E-state index contributed by atoms with van der Waals surface area (Å²) in [5.41, 5.74) is 1.70. The Morgan fingerprint density at radius 2 is 2.14 bits per heavy atom. The molecule has 4 rings (SSSR count). The molecule has 3 atom stereocenters. The Morgan fingerprint density at radius 3 is 2.79 bits per heavy atom. The van der Waals surface area contributed by atoms with E-state index in [0.29, 0.717) is 28.1 Å². The van der Waals surface area contributed by atoms with Crippen molar-refractivity contribution in [2.45, 2.75) is 45.6 Å². The Bertz CT molecular complexity index is 961. The van der Waals surface area contributed by atoms with Gasteiger partial charge in [0.2, 0.25) is 17.9 Å². The molecule has 0 radical (unpaired) electrons. The maximum Gasteiger partial charge on any atom is 0.272 e. The Morgan fingerprint density at radius 1 is 1.39 bits per heavy atom. The number of fused-ring (bicyclic) bond motifs is 3. The fourth-order valence-electron chi connectivity index (χ4n) is 3.97.